The first-order chi connectivity index (χ1) is 12.7. The van der Waals surface area contributed by atoms with Crippen molar-refractivity contribution in [3.63, 3.8) is 0 Å². The molecule has 2 heterocycles. The summed E-state index contributed by atoms with van der Waals surface area (Å²) in [5.74, 6) is -0.227. The van der Waals surface area contributed by atoms with Crippen LogP contribution in [0.1, 0.15) is 33.3 Å². The minimum absolute atomic E-state index is 0.0801. The Kier molecular flexibility index (Phi) is 4.99. The molecule has 8 nitrogen and oxygen atoms in total. The third-order valence-electron chi connectivity index (χ3n) is 4.46. The molecule has 2 aliphatic rings. The number of amides is 3. The smallest absolute Gasteiger partial charge is 0.415 e. The molecule has 27 heavy (non-hydrogen) atoms. The molecule has 0 radical (unpaired) electrons. The Hall–Kier alpha value is -2.77. The molecule has 1 N–H and O–H groups in total. The van der Waals surface area contributed by atoms with Crippen molar-refractivity contribution >= 4 is 23.8 Å². The van der Waals surface area contributed by atoms with E-state index in [2.05, 4.69) is 5.32 Å². The number of para-hydroxylation sites is 1. The summed E-state index contributed by atoms with van der Waals surface area (Å²) in [6, 6.07) is 7.24. The highest BCUT2D eigenvalue weighted by molar-refractivity contribution is 5.92. The maximum atomic E-state index is 12.9. The van der Waals surface area contributed by atoms with Crippen molar-refractivity contribution in [2.75, 3.05) is 18.1 Å². The Labute approximate surface area is 158 Å². The molecule has 8 heteroatoms. The van der Waals surface area contributed by atoms with E-state index in [-0.39, 0.29) is 25.2 Å². The van der Waals surface area contributed by atoms with Crippen LogP contribution in [0.5, 0.6) is 0 Å². The first-order valence-corrected chi connectivity index (χ1v) is 8.96. The first-order valence-electron chi connectivity index (χ1n) is 8.96. The molecule has 2 aliphatic heterocycles. The summed E-state index contributed by atoms with van der Waals surface area (Å²) in [5, 5.41) is 2.59. The zero-order valence-electron chi connectivity index (χ0n) is 16.0. The number of nitrogens with one attached hydrogen (secondary N) is 1. The standard InChI is InChI=1S/C19H25N3O5/c1-12(23)20-11-21-10-16(26-17(21)24)15-9-13-7-5-6-8-14(13)22(15)18(25)27-19(2,3)4/h5-8,15-16H,9-11H2,1-4H3,(H,20,23). The van der Waals surface area contributed by atoms with Crippen LogP contribution in [-0.2, 0) is 20.7 Å². The number of carbonyl (C=O) groups is 3. The largest absolute Gasteiger partial charge is 0.443 e. The molecule has 1 fully saturated rings. The molecule has 0 bridgehead atoms. The normalized spacial score (nSPS) is 21.7. The van der Waals surface area contributed by atoms with Crippen LogP contribution in [0.25, 0.3) is 0 Å². The van der Waals surface area contributed by atoms with Gasteiger partial charge in [0.25, 0.3) is 0 Å². The summed E-state index contributed by atoms with van der Waals surface area (Å²) in [6.07, 6.45) is -0.907. The van der Waals surface area contributed by atoms with Gasteiger partial charge >= 0.3 is 12.2 Å². The van der Waals surface area contributed by atoms with Gasteiger partial charge in [-0.1, -0.05) is 18.2 Å². The summed E-state index contributed by atoms with van der Waals surface area (Å²) in [5.41, 5.74) is 1.14. The van der Waals surface area contributed by atoms with E-state index in [1.54, 1.807) is 4.90 Å². The topological polar surface area (TPSA) is 88.2 Å². The van der Waals surface area contributed by atoms with Crippen LogP contribution in [0.4, 0.5) is 15.3 Å². The van der Waals surface area contributed by atoms with Crippen molar-refractivity contribution in [1.29, 1.82) is 0 Å². The molecule has 0 aromatic heterocycles. The second-order valence-electron chi connectivity index (χ2n) is 7.79. The predicted octanol–water partition coefficient (Wildman–Crippen LogP) is 2.27. The molecule has 146 valence electrons. The summed E-state index contributed by atoms with van der Waals surface area (Å²) in [6.45, 7) is 7.19. The van der Waals surface area contributed by atoms with Crippen LogP contribution in [0.2, 0.25) is 0 Å². The summed E-state index contributed by atoms with van der Waals surface area (Å²) in [4.78, 5) is 39.1. The second kappa shape index (κ2) is 7.09. The van der Waals surface area contributed by atoms with Gasteiger partial charge in [-0.25, -0.2) is 9.59 Å². The van der Waals surface area contributed by atoms with Gasteiger partial charge in [-0.2, -0.15) is 0 Å². The fraction of sp³-hybridized carbons (Fsp3) is 0.526. The molecule has 2 unspecified atom stereocenters. The van der Waals surface area contributed by atoms with Crippen LogP contribution in [0, 0.1) is 0 Å². The third-order valence-corrected chi connectivity index (χ3v) is 4.46. The van der Waals surface area contributed by atoms with Crippen molar-refractivity contribution in [3.05, 3.63) is 29.8 Å². The lowest BCUT2D eigenvalue weighted by molar-refractivity contribution is -0.119. The van der Waals surface area contributed by atoms with E-state index >= 15 is 0 Å². The van der Waals surface area contributed by atoms with Crippen molar-refractivity contribution in [2.24, 2.45) is 0 Å². The highest BCUT2D eigenvalue weighted by Gasteiger charge is 2.46. The Morgan fingerprint density at radius 2 is 2.00 bits per heavy atom. The fourth-order valence-corrected chi connectivity index (χ4v) is 3.33. The molecule has 2 atom stereocenters. The molecule has 3 rings (SSSR count). The Bertz CT molecular complexity index is 758. The molecule has 1 aromatic carbocycles. The minimum Gasteiger partial charge on any atom is -0.443 e. The highest BCUT2D eigenvalue weighted by atomic mass is 16.6. The van der Waals surface area contributed by atoms with Crippen molar-refractivity contribution < 1.29 is 23.9 Å². The fourth-order valence-electron chi connectivity index (χ4n) is 3.33. The molecular formula is C19H25N3O5. The first kappa shape index (κ1) is 19.0. The summed E-state index contributed by atoms with van der Waals surface area (Å²) < 4.78 is 11.1. The lowest BCUT2D eigenvalue weighted by Crippen LogP contribution is -2.48. The van der Waals surface area contributed by atoms with E-state index in [0.29, 0.717) is 6.42 Å². The molecule has 0 saturated carbocycles. The minimum atomic E-state index is -0.636. The highest BCUT2D eigenvalue weighted by Crippen LogP contribution is 2.36. The zero-order chi connectivity index (χ0) is 19.8. The Morgan fingerprint density at radius 1 is 1.30 bits per heavy atom. The molecular weight excluding hydrogens is 350 g/mol. The van der Waals surface area contributed by atoms with Crippen LogP contribution in [-0.4, -0.2) is 54.0 Å². The van der Waals surface area contributed by atoms with Crippen molar-refractivity contribution in [1.82, 2.24) is 10.2 Å². The van der Waals surface area contributed by atoms with Gasteiger partial charge < -0.3 is 14.8 Å². The number of benzene rings is 1. The number of hydrogen-bond donors (Lipinski definition) is 1. The van der Waals surface area contributed by atoms with Crippen LogP contribution >= 0.6 is 0 Å². The number of cyclic esters (lactones) is 1. The number of ether oxygens (including phenoxy) is 2. The number of rotatable bonds is 3. The Morgan fingerprint density at radius 3 is 2.67 bits per heavy atom. The van der Waals surface area contributed by atoms with Gasteiger partial charge in [0, 0.05) is 6.92 Å². The maximum Gasteiger partial charge on any atom is 0.415 e. The van der Waals surface area contributed by atoms with Gasteiger partial charge in [0.15, 0.2) is 0 Å². The van der Waals surface area contributed by atoms with Gasteiger partial charge in [-0.05, 0) is 38.8 Å². The molecule has 0 aliphatic carbocycles. The number of nitrogens with zero attached hydrogens (tertiary/aromatic N) is 2. The van der Waals surface area contributed by atoms with Crippen LogP contribution in [0.3, 0.4) is 0 Å². The van der Waals surface area contributed by atoms with E-state index < -0.39 is 23.9 Å². The number of anilines is 1. The lowest BCUT2D eigenvalue weighted by Gasteiger charge is -2.31. The van der Waals surface area contributed by atoms with Gasteiger partial charge in [0.2, 0.25) is 5.91 Å². The number of carbonyl (C=O) groups excluding carboxylic acids is 3. The van der Waals surface area contributed by atoms with Crippen molar-refractivity contribution in [3.8, 4) is 0 Å². The molecule has 1 aromatic rings. The average Bonchev–Trinajstić information content (AvgIpc) is 3.11. The van der Waals surface area contributed by atoms with Gasteiger partial charge in [0.1, 0.15) is 11.7 Å². The van der Waals surface area contributed by atoms with E-state index in [1.807, 2.05) is 45.0 Å². The second-order valence-corrected chi connectivity index (χ2v) is 7.79. The van der Waals surface area contributed by atoms with Crippen molar-refractivity contribution in [2.45, 2.75) is 51.9 Å². The predicted molar refractivity (Wildman–Crippen MR) is 98.3 cm³/mol. The van der Waals surface area contributed by atoms with Gasteiger partial charge in [0.05, 0.1) is 24.9 Å². The molecule has 3 amide bonds. The van der Waals surface area contributed by atoms with Gasteiger partial charge in [-0.15, -0.1) is 0 Å². The third kappa shape index (κ3) is 4.15. The van der Waals surface area contributed by atoms with Crippen LogP contribution < -0.4 is 10.2 Å². The molecule has 1 saturated heterocycles. The summed E-state index contributed by atoms with van der Waals surface area (Å²) >= 11 is 0. The quantitative estimate of drug-likeness (QED) is 0.876. The SMILES string of the molecule is CC(=O)NCN1CC(C2Cc3ccccc3N2C(=O)OC(C)(C)C)OC1=O. The Balaban J connectivity index is 1.80. The van der Waals surface area contributed by atoms with Crippen LogP contribution in [0.15, 0.2) is 24.3 Å². The monoisotopic (exact) mass is 375 g/mol. The average molecular weight is 375 g/mol. The van der Waals surface area contributed by atoms with E-state index in [1.165, 1.54) is 11.8 Å². The van der Waals surface area contributed by atoms with Gasteiger partial charge in [-0.3, -0.25) is 14.6 Å². The number of hydrogen-bond acceptors (Lipinski definition) is 5. The van der Waals surface area contributed by atoms with E-state index in [9.17, 15) is 14.4 Å². The van der Waals surface area contributed by atoms with E-state index in [0.717, 1.165) is 11.3 Å². The molecule has 0 spiro atoms. The summed E-state index contributed by atoms with van der Waals surface area (Å²) in [7, 11) is 0. The lowest BCUT2D eigenvalue weighted by atomic mass is 10.1. The van der Waals surface area contributed by atoms with E-state index in [4.69, 9.17) is 9.47 Å². The maximum absolute atomic E-state index is 12.9. The number of fused-ring (bicyclic) bond motifs is 1. The zero-order valence-corrected chi connectivity index (χ0v) is 16.0.